The van der Waals surface area contributed by atoms with Gasteiger partial charge in [-0.2, -0.15) is 0 Å². The molecule has 1 fully saturated rings. The summed E-state index contributed by atoms with van der Waals surface area (Å²) in [5, 5.41) is 3.12. The first kappa shape index (κ1) is 13.0. The van der Waals surface area contributed by atoms with Gasteiger partial charge in [-0.25, -0.2) is 0 Å². The van der Waals surface area contributed by atoms with Gasteiger partial charge in [0.05, 0.1) is 6.04 Å². The molecule has 1 aliphatic carbocycles. The van der Waals surface area contributed by atoms with Crippen molar-refractivity contribution >= 4 is 5.91 Å². The lowest BCUT2D eigenvalue weighted by Gasteiger charge is -2.19. The normalized spacial score (nSPS) is 24.8. The summed E-state index contributed by atoms with van der Waals surface area (Å²) in [6, 6.07) is 4.18. The molecule has 0 aromatic carbocycles. The molecule has 3 atom stereocenters. The number of pyridine rings is 1. The Morgan fingerprint density at radius 3 is 2.78 bits per heavy atom. The van der Waals surface area contributed by atoms with Gasteiger partial charge >= 0.3 is 0 Å². The van der Waals surface area contributed by atoms with Crippen LogP contribution in [0.1, 0.15) is 44.2 Å². The number of amides is 1. The highest BCUT2D eigenvalue weighted by Gasteiger charge is 2.28. The molecule has 3 unspecified atom stereocenters. The van der Waals surface area contributed by atoms with Gasteiger partial charge in [-0.1, -0.05) is 6.92 Å². The highest BCUT2D eigenvalue weighted by atomic mass is 16.1. The first-order valence-electron chi connectivity index (χ1n) is 6.66. The van der Waals surface area contributed by atoms with Crippen LogP contribution in [0.5, 0.6) is 0 Å². The van der Waals surface area contributed by atoms with Crippen molar-refractivity contribution in [3.63, 3.8) is 0 Å². The average Bonchev–Trinajstić information content (AvgIpc) is 2.83. The van der Waals surface area contributed by atoms with Gasteiger partial charge in [0.1, 0.15) is 0 Å². The number of nitrogens with one attached hydrogen (secondary N) is 1. The minimum atomic E-state index is 0.0809. The number of hydrogen-bond acceptors (Lipinski definition) is 3. The number of carbonyl (C=O) groups is 1. The summed E-state index contributed by atoms with van der Waals surface area (Å²) in [7, 11) is 0. The monoisotopic (exact) mass is 247 g/mol. The molecular weight excluding hydrogens is 226 g/mol. The Morgan fingerprint density at radius 1 is 1.50 bits per heavy atom. The number of nitrogens with zero attached hydrogens (tertiary/aromatic N) is 1. The van der Waals surface area contributed by atoms with Crippen LogP contribution in [-0.4, -0.2) is 16.9 Å². The van der Waals surface area contributed by atoms with E-state index in [9.17, 15) is 4.79 Å². The van der Waals surface area contributed by atoms with Crippen LogP contribution in [0, 0.1) is 5.92 Å². The quantitative estimate of drug-likeness (QED) is 0.852. The second-order valence-electron chi connectivity index (χ2n) is 5.02. The van der Waals surface area contributed by atoms with Crippen LogP contribution in [-0.2, 0) is 4.79 Å². The Morgan fingerprint density at radius 2 is 2.22 bits per heavy atom. The van der Waals surface area contributed by atoms with Crippen molar-refractivity contribution in [2.45, 2.75) is 44.7 Å². The molecule has 0 saturated heterocycles. The molecule has 1 saturated carbocycles. The largest absolute Gasteiger partial charge is 0.349 e. The van der Waals surface area contributed by atoms with E-state index >= 15 is 0 Å². The van der Waals surface area contributed by atoms with E-state index in [4.69, 9.17) is 5.73 Å². The highest BCUT2D eigenvalue weighted by Crippen LogP contribution is 2.25. The summed E-state index contributed by atoms with van der Waals surface area (Å²) in [4.78, 5) is 16.2. The first-order chi connectivity index (χ1) is 8.70. The number of aromatic nitrogens is 1. The molecule has 1 aromatic rings. The Kier molecular flexibility index (Phi) is 4.31. The van der Waals surface area contributed by atoms with Crippen LogP contribution in [0.4, 0.5) is 0 Å². The average molecular weight is 247 g/mol. The second kappa shape index (κ2) is 5.96. The molecule has 1 aliphatic rings. The molecular formula is C14H21N3O. The van der Waals surface area contributed by atoms with Crippen LogP contribution >= 0.6 is 0 Å². The van der Waals surface area contributed by atoms with Gasteiger partial charge in [-0.15, -0.1) is 0 Å². The molecule has 4 heteroatoms. The maximum Gasteiger partial charge on any atom is 0.223 e. The van der Waals surface area contributed by atoms with Crippen LogP contribution in [0.15, 0.2) is 24.5 Å². The summed E-state index contributed by atoms with van der Waals surface area (Å²) < 4.78 is 0. The Hall–Kier alpha value is -1.42. The number of hydrogen-bond donors (Lipinski definition) is 2. The zero-order valence-electron chi connectivity index (χ0n) is 10.8. The van der Waals surface area contributed by atoms with Crippen molar-refractivity contribution in [2.24, 2.45) is 11.7 Å². The number of carbonyl (C=O) groups excluding carboxylic acids is 1. The van der Waals surface area contributed by atoms with Crippen molar-refractivity contribution in [3.05, 3.63) is 30.1 Å². The number of rotatable bonds is 4. The standard InChI is InChI=1S/C14H21N3O/c1-2-13(10-5-7-16-8-6-10)17-14(18)11-3-4-12(15)9-11/h5-8,11-13H,2-4,9,15H2,1H3,(H,17,18). The van der Waals surface area contributed by atoms with Gasteiger partial charge in [0.2, 0.25) is 5.91 Å². The lowest BCUT2D eigenvalue weighted by molar-refractivity contribution is -0.125. The Labute approximate surface area is 108 Å². The summed E-state index contributed by atoms with van der Waals surface area (Å²) in [6.07, 6.45) is 7.10. The molecule has 0 aliphatic heterocycles. The van der Waals surface area contributed by atoms with Crippen molar-refractivity contribution in [1.29, 1.82) is 0 Å². The van der Waals surface area contributed by atoms with Crippen molar-refractivity contribution in [2.75, 3.05) is 0 Å². The van der Waals surface area contributed by atoms with Crippen molar-refractivity contribution in [3.8, 4) is 0 Å². The van der Waals surface area contributed by atoms with Crippen LogP contribution in [0.2, 0.25) is 0 Å². The molecule has 4 nitrogen and oxygen atoms in total. The maximum absolute atomic E-state index is 12.2. The number of nitrogens with two attached hydrogens (primary N) is 1. The Bertz CT molecular complexity index is 393. The molecule has 1 amide bonds. The predicted octanol–water partition coefficient (Wildman–Crippen LogP) is 1.78. The molecule has 2 rings (SSSR count). The highest BCUT2D eigenvalue weighted by molar-refractivity contribution is 5.79. The zero-order chi connectivity index (χ0) is 13.0. The van der Waals surface area contributed by atoms with E-state index in [2.05, 4.69) is 17.2 Å². The molecule has 98 valence electrons. The van der Waals surface area contributed by atoms with Crippen LogP contribution in [0.25, 0.3) is 0 Å². The molecule has 1 aromatic heterocycles. The van der Waals surface area contributed by atoms with Gasteiger partial charge in [-0.05, 0) is 43.4 Å². The fourth-order valence-corrected chi connectivity index (χ4v) is 2.56. The zero-order valence-corrected chi connectivity index (χ0v) is 10.8. The minimum Gasteiger partial charge on any atom is -0.349 e. The van der Waals surface area contributed by atoms with E-state index in [1.807, 2.05) is 12.1 Å². The minimum absolute atomic E-state index is 0.0809. The summed E-state index contributed by atoms with van der Waals surface area (Å²) in [6.45, 7) is 2.08. The van der Waals surface area contributed by atoms with Gasteiger partial charge in [0.25, 0.3) is 0 Å². The third-order valence-electron chi connectivity index (χ3n) is 3.68. The van der Waals surface area contributed by atoms with Gasteiger partial charge < -0.3 is 11.1 Å². The van der Waals surface area contributed by atoms with Gasteiger partial charge in [0.15, 0.2) is 0 Å². The van der Waals surface area contributed by atoms with E-state index in [1.54, 1.807) is 12.4 Å². The summed E-state index contributed by atoms with van der Waals surface area (Å²) in [5.41, 5.74) is 6.96. The molecule has 0 bridgehead atoms. The van der Waals surface area contributed by atoms with E-state index in [-0.39, 0.29) is 23.9 Å². The predicted molar refractivity (Wildman–Crippen MR) is 70.7 cm³/mol. The van der Waals surface area contributed by atoms with E-state index in [0.29, 0.717) is 0 Å². The third kappa shape index (κ3) is 3.07. The Balaban J connectivity index is 1.96. The summed E-state index contributed by atoms with van der Waals surface area (Å²) in [5.74, 6) is 0.238. The first-order valence-corrected chi connectivity index (χ1v) is 6.66. The third-order valence-corrected chi connectivity index (χ3v) is 3.68. The molecule has 18 heavy (non-hydrogen) atoms. The summed E-state index contributed by atoms with van der Waals surface area (Å²) >= 11 is 0. The second-order valence-corrected chi connectivity index (χ2v) is 5.02. The van der Waals surface area contributed by atoms with Crippen LogP contribution < -0.4 is 11.1 Å². The van der Waals surface area contributed by atoms with Gasteiger partial charge in [-0.3, -0.25) is 9.78 Å². The fraction of sp³-hybridized carbons (Fsp3) is 0.571. The molecule has 3 N–H and O–H groups in total. The fourth-order valence-electron chi connectivity index (χ4n) is 2.56. The molecule has 0 spiro atoms. The van der Waals surface area contributed by atoms with E-state index in [1.165, 1.54) is 0 Å². The molecule has 0 radical (unpaired) electrons. The van der Waals surface area contributed by atoms with Crippen molar-refractivity contribution in [1.82, 2.24) is 10.3 Å². The van der Waals surface area contributed by atoms with Crippen LogP contribution in [0.3, 0.4) is 0 Å². The van der Waals surface area contributed by atoms with Crippen molar-refractivity contribution < 1.29 is 4.79 Å². The smallest absolute Gasteiger partial charge is 0.223 e. The van der Waals surface area contributed by atoms with E-state index in [0.717, 1.165) is 31.2 Å². The SMILES string of the molecule is CCC(NC(=O)C1CCC(N)C1)c1ccncc1. The van der Waals surface area contributed by atoms with Gasteiger partial charge in [0, 0.05) is 24.4 Å². The lowest BCUT2D eigenvalue weighted by Crippen LogP contribution is -2.33. The molecule has 1 heterocycles. The lowest BCUT2D eigenvalue weighted by atomic mass is 10.0. The topological polar surface area (TPSA) is 68.0 Å². The van der Waals surface area contributed by atoms with E-state index < -0.39 is 0 Å². The maximum atomic E-state index is 12.2.